The first-order chi connectivity index (χ1) is 9.32. The molecule has 0 spiro atoms. The highest BCUT2D eigenvalue weighted by Gasteiger charge is 2.29. The van der Waals surface area contributed by atoms with Gasteiger partial charge >= 0.3 is 0 Å². The molecule has 0 aliphatic heterocycles. The molecule has 2 unspecified atom stereocenters. The van der Waals surface area contributed by atoms with Gasteiger partial charge in [-0.1, -0.05) is 38.5 Å². The lowest BCUT2D eigenvalue weighted by molar-refractivity contribution is -0.900. The van der Waals surface area contributed by atoms with Crippen LogP contribution in [0.25, 0.3) is 0 Å². The number of quaternary nitrogens is 1. The molecule has 3 nitrogen and oxygen atoms in total. The number of rotatable bonds is 11. The third-order valence-electron chi connectivity index (χ3n) is 3.72. The first-order valence-electron chi connectivity index (χ1n) is 7.68. The molecule has 0 radical (unpaired) electrons. The van der Waals surface area contributed by atoms with E-state index < -0.39 is 0 Å². The van der Waals surface area contributed by atoms with Crippen LogP contribution < -0.4 is 0 Å². The molecule has 0 aromatic carbocycles. The van der Waals surface area contributed by atoms with Crippen molar-refractivity contribution in [3.8, 4) is 0 Å². The maximum absolute atomic E-state index is 10.4. The molecule has 0 bridgehead atoms. The molecule has 3 heteroatoms. The molecular formula is C17H34NO2+. The van der Waals surface area contributed by atoms with E-state index in [4.69, 9.17) is 4.74 Å². The van der Waals surface area contributed by atoms with E-state index in [1.165, 1.54) is 19.3 Å². The quantitative estimate of drug-likeness (QED) is 0.272. The second-order valence-corrected chi connectivity index (χ2v) is 6.40. The fraction of sp³-hybridized carbons (Fsp3) is 0.765. The molecule has 0 aromatic heterocycles. The summed E-state index contributed by atoms with van der Waals surface area (Å²) < 4.78 is 5.82. The summed E-state index contributed by atoms with van der Waals surface area (Å²) in [5.74, 6) is 0.752. The Labute approximate surface area is 125 Å². The average molecular weight is 284 g/mol. The van der Waals surface area contributed by atoms with Crippen LogP contribution >= 0.6 is 0 Å². The number of likely N-dealkylation sites (N-methyl/N-ethyl adjacent to an activating group) is 1. The van der Waals surface area contributed by atoms with Crippen molar-refractivity contribution < 1.29 is 14.3 Å². The minimum absolute atomic E-state index is 0.289. The van der Waals surface area contributed by atoms with Crippen LogP contribution in [0.4, 0.5) is 0 Å². The second kappa shape index (κ2) is 10.0. The van der Waals surface area contributed by atoms with Crippen LogP contribution in [0.1, 0.15) is 45.4 Å². The molecule has 0 rings (SSSR count). The molecule has 118 valence electrons. The first kappa shape index (κ1) is 19.2. The van der Waals surface area contributed by atoms with E-state index in [0.29, 0.717) is 12.8 Å². The minimum atomic E-state index is -0.293. The summed E-state index contributed by atoms with van der Waals surface area (Å²) in [7, 11) is 8.12. The number of allylic oxidation sites excluding steroid dienone is 1. The second-order valence-electron chi connectivity index (χ2n) is 6.40. The number of ether oxygens (including phenoxy) is 1. The zero-order chi connectivity index (χ0) is 15.6. The first-order valence-corrected chi connectivity index (χ1v) is 7.68. The molecular weight excluding hydrogens is 250 g/mol. The molecule has 0 aliphatic rings. The summed E-state index contributed by atoms with van der Waals surface area (Å²) in [5.41, 5.74) is 0. The topological polar surface area (TPSA) is 29.5 Å². The molecule has 0 aliphatic carbocycles. The summed E-state index contributed by atoms with van der Waals surface area (Å²) in [6.45, 7) is 5.99. The van der Waals surface area contributed by atoms with E-state index in [0.717, 1.165) is 16.7 Å². The molecule has 0 amide bonds. The van der Waals surface area contributed by atoms with Crippen LogP contribution in [-0.4, -0.2) is 50.0 Å². The molecule has 0 heterocycles. The molecule has 20 heavy (non-hydrogen) atoms. The highest BCUT2D eigenvalue weighted by Crippen LogP contribution is 2.19. The van der Waals surface area contributed by atoms with Crippen LogP contribution in [0.2, 0.25) is 0 Å². The Kier molecular flexibility index (Phi) is 9.60. The minimum Gasteiger partial charge on any atom is -0.501 e. The Morgan fingerprint density at radius 1 is 1.25 bits per heavy atom. The van der Waals surface area contributed by atoms with Crippen LogP contribution in [0.5, 0.6) is 0 Å². The maximum atomic E-state index is 10.4. The van der Waals surface area contributed by atoms with Gasteiger partial charge in [-0.15, -0.1) is 0 Å². The molecule has 0 saturated heterocycles. The van der Waals surface area contributed by atoms with Crippen molar-refractivity contribution >= 4 is 0 Å². The number of methoxy groups -OCH3 is 1. The maximum Gasteiger partial charge on any atom is 0.115 e. The summed E-state index contributed by atoms with van der Waals surface area (Å²) in [5, 5.41) is 10.4. The largest absolute Gasteiger partial charge is 0.501 e. The smallest absolute Gasteiger partial charge is 0.115 e. The predicted molar refractivity (Wildman–Crippen MR) is 86.5 cm³/mol. The summed E-state index contributed by atoms with van der Waals surface area (Å²) in [6, 6.07) is 0.289. The number of hydrogen-bond acceptors (Lipinski definition) is 2. The van der Waals surface area contributed by atoms with Gasteiger partial charge in [0.05, 0.1) is 34.0 Å². The van der Waals surface area contributed by atoms with Crippen LogP contribution in [-0.2, 0) is 4.74 Å². The highest BCUT2D eigenvalue weighted by atomic mass is 16.5. The molecule has 0 saturated carbocycles. The third kappa shape index (κ3) is 8.39. The third-order valence-corrected chi connectivity index (χ3v) is 3.72. The van der Waals surface area contributed by atoms with Crippen LogP contribution in [0.15, 0.2) is 24.5 Å². The molecule has 1 N–H and O–H groups in total. The number of aliphatic hydroxyl groups is 1. The van der Waals surface area contributed by atoms with E-state index in [9.17, 15) is 5.11 Å². The lowest BCUT2D eigenvalue weighted by Gasteiger charge is -2.37. The molecule has 2 atom stereocenters. The standard InChI is InChI=1S/C17H34NO2/c1-7-8-9-13-16(18(3,4)5)17(19)14-11-10-12-15(2)20-6/h10-11,16-17,19H,2,7-9,12-14H2,1,3-6H3/q+1/b11-10+. The van der Waals surface area contributed by atoms with Crippen molar-refractivity contribution in [2.45, 2.75) is 57.6 Å². The Bertz CT molecular complexity index is 292. The average Bonchev–Trinajstić information content (AvgIpc) is 2.37. The summed E-state index contributed by atoms with van der Waals surface area (Å²) in [4.78, 5) is 0. The van der Waals surface area contributed by atoms with Gasteiger partial charge in [0.2, 0.25) is 0 Å². The van der Waals surface area contributed by atoms with Crippen LogP contribution in [0.3, 0.4) is 0 Å². The van der Waals surface area contributed by atoms with E-state index in [2.05, 4.69) is 34.6 Å². The normalized spacial score (nSPS) is 15.3. The summed E-state index contributed by atoms with van der Waals surface area (Å²) >= 11 is 0. The Balaban J connectivity index is 4.33. The molecule has 0 fully saturated rings. The predicted octanol–water partition coefficient (Wildman–Crippen LogP) is 3.50. The van der Waals surface area contributed by atoms with Gasteiger partial charge in [-0.05, 0) is 12.8 Å². The molecule has 0 aromatic rings. The van der Waals surface area contributed by atoms with Crippen molar-refractivity contribution in [2.24, 2.45) is 0 Å². The lowest BCUT2D eigenvalue weighted by atomic mass is 9.98. The zero-order valence-electron chi connectivity index (χ0n) is 14.1. The van der Waals surface area contributed by atoms with Gasteiger partial charge in [-0.25, -0.2) is 0 Å². The Morgan fingerprint density at radius 3 is 2.40 bits per heavy atom. The number of aliphatic hydroxyl groups excluding tert-OH is 1. The number of unbranched alkanes of at least 4 members (excludes halogenated alkanes) is 2. The Morgan fingerprint density at radius 2 is 1.90 bits per heavy atom. The van der Waals surface area contributed by atoms with Gasteiger partial charge < -0.3 is 14.3 Å². The van der Waals surface area contributed by atoms with Gasteiger partial charge in [-0.3, -0.25) is 0 Å². The monoisotopic (exact) mass is 284 g/mol. The van der Waals surface area contributed by atoms with Gasteiger partial charge in [0.1, 0.15) is 12.1 Å². The van der Waals surface area contributed by atoms with Crippen molar-refractivity contribution in [2.75, 3.05) is 28.3 Å². The van der Waals surface area contributed by atoms with E-state index in [1.807, 2.05) is 12.2 Å². The fourth-order valence-corrected chi connectivity index (χ4v) is 2.39. The van der Waals surface area contributed by atoms with E-state index in [1.54, 1.807) is 7.11 Å². The highest BCUT2D eigenvalue weighted by molar-refractivity contribution is 4.96. The van der Waals surface area contributed by atoms with E-state index >= 15 is 0 Å². The van der Waals surface area contributed by atoms with E-state index in [-0.39, 0.29) is 12.1 Å². The Hall–Kier alpha value is -0.800. The number of nitrogens with zero attached hydrogens (tertiary/aromatic N) is 1. The van der Waals surface area contributed by atoms with Crippen molar-refractivity contribution in [1.82, 2.24) is 0 Å². The summed E-state index contributed by atoms with van der Waals surface area (Å²) in [6.07, 6.45) is 9.92. The number of hydrogen-bond donors (Lipinski definition) is 1. The fourth-order valence-electron chi connectivity index (χ4n) is 2.39. The van der Waals surface area contributed by atoms with Gasteiger partial charge in [0.25, 0.3) is 0 Å². The van der Waals surface area contributed by atoms with Crippen molar-refractivity contribution in [3.63, 3.8) is 0 Å². The van der Waals surface area contributed by atoms with Crippen molar-refractivity contribution in [1.29, 1.82) is 0 Å². The van der Waals surface area contributed by atoms with Gasteiger partial charge in [0.15, 0.2) is 0 Å². The van der Waals surface area contributed by atoms with Crippen molar-refractivity contribution in [3.05, 3.63) is 24.5 Å². The van der Waals surface area contributed by atoms with Gasteiger partial charge in [0, 0.05) is 12.8 Å². The van der Waals surface area contributed by atoms with Crippen LogP contribution in [0, 0.1) is 0 Å². The zero-order valence-corrected chi connectivity index (χ0v) is 14.1. The lowest BCUT2D eigenvalue weighted by Crippen LogP contribution is -2.51. The SMILES string of the molecule is C=C(C/C=C/CC(O)C(CCCCC)[N+](C)(C)C)OC. The van der Waals surface area contributed by atoms with Gasteiger partial charge in [-0.2, -0.15) is 0 Å².